The molecule has 1 saturated heterocycles. The molecule has 128 valence electrons. The van der Waals surface area contributed by atoms with E-state index >= 15 is 0 Å². The van der Waals surface area contributed by atoms with E-state index in [9.17, 15) is 19.2 Å². The Balaban J connectivity index is 2.60. The molecule has 8 nitrogen and oxygen atoms in total. The number of rotatable bonds is 6. The van der Waals surface area contributed by atoms with E-state index in [1.807, 2.05) is 0 Å². The summed E-state index contributed by atoms with van der Waals surface area (Å²) in [5, 5.41) is 0. The van der Waals surface area contributed by atoms with Crippen LogP contribution >= 0.6 is 0 Å². The summed E-state index contributed by atoms with van der Waals surface area (Å²) >= 11 is 0. The Morgan fingerprint density at radius 1 is 1.30 bits per heavy atom. The first-order valence-electron chi connectivity index (χ1n) is 6.93. The number of carbonyl (C=O) groups is 4. The smallest absolute Gasteiger partial charge is 0.348 e. The highest BCUT2D eigenvalue weighted by Crippen LogP contribution is 2.22. The Hall–Kier alpha value is -2.38. The normalized spacial score (nSPS) is 20.4. The van der Waals surface area contributed by atoms with Gasteiger partial charge in [-0.3, -0.25) is 9.59 Å². The molecule has 23 heavy (non-hydrogen) atoms. The molecule has 0 radical (unpaired) electrons. The monoisotopic (exact) mass is 328 g/mol. The highest BCUT2D eigenvalue weighted by Gasteiger charge is 2.45. The highest BCUT2D eigenvalue weighted by molar-refractivity contribution is 5.92. The molecule has 8 heteroatoms. The van der Waals surface area contributed by atoms with Crippen LogP contribution < -0.4 is 0 Å². The summed E-state index contributed by atoms with van der Waals surface area (Å²) in [6.07, 6.45) is -1.32. The third-order valence-electron chi connectivity index (χ3n) is 2.72. The lowest BCUT2D eigenvalue weighted by Crippen LogP contribution is -2.35. The van der Waals surface area contributed by atoms with Gasteiger partial charge in [0.25, 0.3) is 0 Å². The van der Waals surface area contributed by atoms with Crippen LogP contribution in [0.25, 0.3) is 0 Å². The number of esters is 3. The Labute approximate surface area is 133 Å². The standard InChI is InChI=1S/C15H20O8/c1-8(16)9(2)22-12-10(6-20-14(12)19)13(18)21-7-11(17)23-15(3,4)5/h10,12H,2,6-7H2,1,3-5H3. The number of cyclic esters (lactones) is 1. The maximum absolute atomic E-state index is 12.0. The first-order valence-corrected chi connectivity index (χ1v) is 6.93. The molecule has 0 aromatic heterocycles. The summed E-state index contributed by atoms with van der Waals surface area (Å²) in [5.74, 6) is -4.21. The van der Waals surface area contributed by atoms with Crippen LogP contribution in [0.15, 0.2) is 12.3 Å². The van der Waals surface area contributed by atoms with Crippen LogP contribution in [0.3, 0.4) is 0 Å². The van der Waals surface area contributed by atoms with Gasteiger partial charge in [0.05, 0.1) is 0 Å². The predicted octanol–water partition coefficient (Wildman–Crippen LogP) is 0.532. The van der Waals surface area contributed by atoms with Crippen molar-refractivity contribution in [2.75, 3.05) is 13.2 Å². The van der Waals surface area contributed by atoms with Gasteiger partial charge in [-0.05, 0) is 20.8 Å². The Kier molecular flexibility index (Phi) is 5.89. The van der Waals surface area contributed by atoms with E-state index in [2.05, 4.69) is 6.58 Å². The average molecular weight is 328 g/mol. The van der Waals surface area contributed by atoms with Crippen molar-refractivity contribution in [3.63, 3.8) is 0 Å². The van der Waals surface area contributed by atoms with Crippen LogP contribution in [0, 0.1) is 5.92 Å². The largest absolute Gasteiger partial charge is 0.475 e. The number of hydrogen-bond donors (Lipinski definition) is 0. The molecule has 0 aromatic rings. The minimum atomic E-state index is -1.32. The van der Waals surface area contributed by atoms with Gasteiger partial charge in [-0.1, -0.05) is 6.58 Å². The lowest BCUT2D eigenvalue weighted by Gasteiger charge is -2.20. The summed E-state index contributed by atoms with van der Waals surface area (Å²) in [6.45, 7) is 8.73. The van der Waals surface area contributed by atoms with E-state index < -0.39 is 47.9 Å². The van der Waals surface area contributed by atoms with Crippen molar-refractivity contribution in [3.8, 4) is 0 Å². The SMILES string of the molecule is C=C(OC1C(=O)OCC1C(=O)OCC(=O)OC(C)(C)C)C(C)=O. The third-order valence-corrected chi connectivity index (χ3v) is 2.72. The van der Waals surface area contributed by atoms with Crippen LogP contribution in [0.2, 0.25) is 0 Å². The Bertz CT molecular complexity index is 528. The van der Waals surface area contributed by atoms with E-state index in [0.29, 0.717) is 0 Å². The van der Waals surface area contributed by atoms with E-state index in [4.69, 9.17) is 18.9 Å². The van der Waals surface area contributed by atoms with Crippen molar-refractivity contribution >= 4 is 23.7 Å². The fourth-order valence-electron chi connectivity index (χ4n) is 1.67. The summed E-state index contributed by atoms with van der Waals surface area (Å²) in [7, 11) is 0. The fourth-order valence-corrected chi connectivity index (χ4v) is 1.67. The van der Waals surface area contributed by atoms with Crippen molar-refractivity contribution in [3.05, 3.63) is 12.3 Å². The first-order chi connectivity index (χ1) is 10.5. The van der Waals surface area contributed by atoms with E-state index in [1.165, 1.54) is 6.92 Å². The summed E-state index contributed by atoms with van der Waals surface area (Å²) in [4.78, 5) is 46.2. The van der Waals surface area contributed by atoms with Gasteiger partial charge in [-0.25, -0.2) is 9.59 Å². The molecule has 0 bridgehead atoms. The van der Waals surface area contributed by atoms with Gasteiger partial charge < -0.3 is 18.9 Å². The zero-order valence-electron chi connectivity index (χ0n) is 13.5. The van der Waals surface area contributed by atoms with Crippen LogP contribution in [0.4, 0.5) is 0 Å². The molecular weight excluding hydrogens is 308 g/mol. The summed E-state index contributed by atoms with van der Waals surface area (Å²) in [5.41, 5.74) is -0.708. The molecule has 1 aliphatic heterocycles. The molecule has 1 heterocycles. The van der Waals surface area contributed by atoms with Crippen LogP contribution in [-0.2, 0) is 38.1 Å². The summed E-state index contributed by atoms with van der Waals surface area (Å²) < 4.78 is 19.6. The summed E-state index contributed by atoms with van der Waals surface area (Å²) in [6, 6.07) is 0. The zero-order valence-corrected chi connectivity index (χ0v) is 13.5. The second kappa shape index (κ2) is 7.26. The Morgan fingerprint density at radius 2 is 1.91 bits per heavy atom. The molecular formula is C15H20O8. The minimum absolute atomic E-state index is 0.262. The molecule has 2 unspecified atom stereocenters. The number of carbonyl (C=O) groups excluding carboxylic acids is 4. The van der Waals surface area contributed by atoms with Crippen molar-refractivity contribution in [1.29, 1.82) is 0 Å². The number of Topliss-reactive ketones (excluding diaryl/α,β-unsaturated/α-hetero) is 1. The van der Waals surface area contributed by atoms with Gasteiger partial charge in [0.2, 0.25) is 6.10 Å². The van der Waals surface area contributed by atoms with Gasteiger partial charge in [0.1, 0.15) is 18.1 Å². The first kappa shape index (κ1) is 18.7. The molecule has 0 N–H and O–H groups in total. The number of allylic oxidation sites excluding steroid dienone is 1. The molecule has 0 amide bonds. The lowest BCUT2D eigenvalue weighted by atomic mass is 10.1. The lowest BCUT2D eigenvalue weighted by molar-refractivity contribution is -0.169. The topological polar surface area (TPSA) is 105 Å². The number of ketones is 1. The van der Waals surface area contributed by atoms with Gasteiger partial charge in [0, 0.05) is 6.92 Å². The molecule has 1 rings (SSSR count). The maximum atomic E-state index is 12.0. The van der Waals surface area contributed by atoms with Crippen molar-refractivity contribution in [2.45, 2.75) is 39.4 Å². The van der Waals surface area contributed by atoms with Crippen molar-refractivity contribution in [1.82, 2.24) is 0 Å². The van der Waals surface area contributed by atoms with E-state index in [-0.39, 0.29) is 12.4 Å². The van der Waals surface area contributed by atoms with Gasteiger partial charge in [-0.2, -0.15) is 0 Å². The average Bonchev–Trinajstić information content (AvgIpc) is 2.75. The van der Waals surface area contributed by atoms with Crippen LogP contribution in [0.1, 0.15) is 27.7 Å². The molecule has 2 atom stereocenters. The Morgan fingerprint density at radius 3 is 2.43 bits per heavy atom. The maximum Gasteiger partial charge on any atom is 0.348 e. The van der Waals surface area contributed by atoms with Gasteiger partial charge in [-0.15, -0.1) is 0 Å². The molecule has 0 aromatic carbocycles. The molecule has 1 aliphatic rings. The quantitative estimate of drug-likeness (QED) is 0.301. The molecule has 0 saturated carbocycles. The van der Waals surface area contributed by atoms with Crippen molar-refractivity contribution in [2.24, 2.45) is 5.92 Å². The van der Waals surface area contributed by atoms with Gasteiger partial charge in [0.15, 0.2) is 18.1 Å². The van der Waals surface area contributed by atoms with E-state index in [0.717, 1.165) is 0 Å². The van der Waals surface area contributed by atoms with Gasteiger partial charge >= 0.3 is 17.9 Å². The minimum Gasteiger partial charge on any atom is -0.475 e. The van der Waals surface area contributed by atoms with Crippen LogP contribution in [-0.4, -0.2) is 48.6 Å². The molecule has 0 aliphatic carbocycles. The zero-order chi connectivity index (χ0) is 17.8. The second-order valence-corrected chi connectivity index (χ2v) is 5.95. The van der Waals surface area contributed by atoms with Crippen LogP contribution in [0.5, 0.6) is 0 Å². The molecule has 1 fully saturated rings. The molecule has 0 spiro atoms. The number of ether oxygens (including phenoxy) is 4. The second-order valence-electron chi connectivity index (χ2n) is 5.95. The predicted molar refractivity (Wildman–Crippen MR) is 75.9 cm³/mol. The van der Waals surface area contributed by atoms with Crippen molar-refractivity contribution < 1.29 is 38.1 Å². The van der Waals surface area contributed by atoms with E-state index in [1.54, 1.807) is 20.8 Å². The fraction of sp³-hybridized carbons (Fsp3) is 0.600. The third kappa shape index (κ3) is 5.72. The highest BCUT2D eigenvalue weighted by atomic mass is 16.6. The number of hydrogen-bond acceptors (Lipinski definition) is 8.